The first-order valence-corrected chi connectivity index (χ1v) is 16.8. The van der Waals surface area contributed by atoms with Crippen molar-refractivity contribution in [3.63, 3.8) is 0 Å². The van der Waals surface area contributed by atoms with Gasteiger partial charge in [0.1, 0.15) is 10.6 Å². The Kier molecular flexibility index (Phi) is 13.6. The summed E-state index contributed by atoms with van der Waals surface area (Å²) < 4.78 is 17.9. The number of pyridine rings is 1. The second-order valence-corrected chi connectivity index (χ2v) is 13.0. The van der Waals surface area contributed by atoms with Crippen molar-refractivity contribution in [3.05, 3.63) is 45.8 Å². The number of carboxylic acids is 1. The number of anilines is 3. The summed E-state index contributed by atoms with van der Waals surface area (Å²) in [6.07, 6.45) is 2.00. The molecular weight excluding hydrogens is 672 g/mol. The van der Waals surface area contributed by atoms with E-state index in [1.54, 1.807) is 43.5 Å². The van der Waals surface area contributed by atoms with E-state index in [2.05, 4.69) is 31.2 Å². The molecule has 2 amide bonds. The van der Waals surface area contributed by atoms with Crippen LogP contribution < -0.4 is 36.5 Å². The molecule has 0 bridgehead atoms. The number of fused-ring (bicyclic) bond motifs is 1. The molecule has 50 heavy (non-hydrogen) atoms. The number of amides is 2. The van der Waals surface area contributed by atoms with E-state index < -0.39 is 17.7 Å². The lowest BCUT2D eigenvalue weighted by atomic mass is 9.97. The lowest BCUT2D eigenvalue weighted by Gasteiger charge is -2.30. The maximum atomic E-state index is 13.5. The number of nitrogens with one attached hydrogen (secondary N) is 4. The maximum Gasteiger partial charge on any atom is 0.407 e. The highest BCUT2D eigenvalue weighted by atomic mass is 35.5. The zero-order chi connectivity index (χ0) is 36.3. The van der Waals surface area contributed by atoms with E-state index in [-0.39, 0.29) is 29.7 Å². The molecule has 1 aromatic carbocycles. The molecule has 0 unspecified atom stereocenters. The Hall–Kier alpha value is -4.67. The van der Waals surface area contributed by atoms with Crippen molar-refractivity contribution in [2.45, 2.75) is 45.8 Å². The SMILES string of the molecule is CNC(=O)COc1cc2cc(Nc3nc(N4CCC(C(=O)O)CC4)ncc3Cl)ccc2n(CCNCCOCCNC(=O)OC(C)(C)C)c1=O. The summed E-state index contributed by atoms with van der Waals surface area (Å²) in [4.78, 5) is 59.3. The van der Waals surface area contributed by atoms with Crippen LogP contribution in [0.2, 0.25) is 5.02 Å². The topological polar surface area (TPSA) is 198 Å². The Morgan fingerprint density at radius 3 is 2.52 bits per heavy atom. The quantitative estimate of drug-likeness (QED) is 0.136. The van der Waals surface area contributed by atoms with Gasteiger partial charge in [0.2, 0.25) is 5.95 Å². The van der Waals surface area contributed by atoms with Gasteiger partial charge < -0.3 is 50.1 Å². The third-order valence-electron chi connectivity index (χ3n) is 7.67. The number of likely N-dealkylation sites (N-methyl/N-ethyl adjacent to an activating group) is 1. The number of carbonyl (C=O) groups is 3. The third kappa shape index (κ3) is 11.2. The molecule has 3 aromatic rings. The van der Waals surface area contributed by atoms with Crippen LogP contribution in [0.1, 0.15) is 33.6 Å². The van der Waals surface area contributed by atoms with Crippen LogP contribution in [0.25, 0.3) is 10.9 Å². The molecule has 5 N–H and O–H groups in total. The summed E-state index contributed by atoms with van der Waals surface area (Å²) in [6, 6.07) is 7.01. The van der Waals surface area contributed by atoms with Gasteiger partial charge in [0.05, 0.1) is 30.8 Å². The van der Waals surface area contributed by atoms with Gasteiger partial charge in [-0.2, -0.15) is 4.98 Å². The van der Waals surface area contributed by atoms with Gasteiger partial charge in [-0.15, -0.1) is 0 Å². The second kappa shape index (κ2) is 17.8. The van der Waals surface area contributed by atoms with E-state index in [9.17, 15) is 24.3 Å². The summed E-state index contributed by atoms with van der Waals surface area (Å²) >= 11 is 6.45. The van der Waals surface area contributed by atoms with Gasteiger partial charge in [0, 0.05) is 57.4 Å². The van der Waals surface area contributed by atoms with Crippen LogP contribution in [0.5, 0.6) is 5.75 Å². The Labute approximate surface area is 294 Å². The molecule has 16 nitrogen and oxygen atoms in total. The monoisotopic (exact) mass is 716 g/mol. The van der Waals surface area contributed by atoms with Gasteiger partial charge in [0.25, 0.3) is 11.5 Å². The molecule has 0 spiro atoms. The number of halogens is 1. The largest absolute Gasteiger partial charge is 0.481 e. The van der Waals surface area contributed by atoms with Crippen LogP contribution in [-0.4, -0.2) is 103 Å². The lowest BCUT2D eigenvalue weighted by molar-refractivity contribution is -0.142. The molecule has 1 aliphatic heterocycles. The molecule has 0 atom stereocenters. The van der Waals surface area contributed by atoms with E-state index in [0.717, 1.165) is 0 Å². The molecule has 0 radical (unpaired) electrons. The highest BCUT2D eigenvalue weighted by Crippen LogP contribution is 2.29. The lowest BCUT2D eigenvalue weighted by Crippen LogP contribution is -2.37. The van der Waals surface area contributed by atoms with Crippen LogP contribution in [0.15, 0.2) is 35.3 Å². The fraction of sp³-hybridized carbons (Fsp3) is 0.515. The highest BCUT2D eigenvalue weighted by molar-refractivity contribution is 6.32. The number of rotatable bonds is 16. The maximum absolute atomic E-state index is 13.5. The van der Waals surface area contributed by atoms with Crippen LogP contribution in [0.3, 0.4) is 0 Å². The molecule has 4 rings (SSSR count). The normalized spacial score (nSPS) is 13.6. The first kappa shape index (κ1) is 38.1. The van der Waals surface area contributed by atoms with E-state index in [1.807, 2.05) is 11.0 Å². The number of piperidine rings is 1. The van der Waals surface area contributed by atoms with Gasteiger partial charge in [-0.25, -0.2) is 9.78 Å². The number of benzene rings is 1. The van der Waals surface area contributed by atoms with Crippen molar-refractivity contribution in [1.29, 1.82) is 0 Å². The van der Waals surface area contributed by atoms with Crippen molar-refractivity contribution in [3.8, 4) is 5.75 Å². The Bertz CT molecular complexity index is 1710. The van der Waals surface area contributed by atoms with E-state index in [1.165, 1.54) is 13.2 Å². The van der Waals surface area contributed by atoms with Crippen LogP contribution in [-0.2, 0) is 25.6 Å². The zero-order valence-corrected chi connectivity index (χ0v) is 29.5. The summed E-state index contributed by atoms with van der Waals surface area (Å²) in [6.45, 7) is 8.36. The van der Waals surface area contributed by atoms with Gasteiger partial charge in [0.15, 0.2) is 18.2 Å². The summed E-state index contributed by atoms with van der Waals surface area (Å²) in [5.74, 6) is -0.727. The highest BCUT2D eigenvalue weighted by Gasteiger charge is 2.26. The number of ether oxygens (including phenoxy) is 3. The third-order valence-corrected chi connectivity index (χ3v) is 7.95. The average Bonchev–Trinajstić information content (AvgIpc) is 3.07. The van der Waals surface area contributed by atoms with Crippen molar-refractivity contribution in [2.75, 3.05) is 69.8 Å². The minimum Gasteiger partial charge on any atom is -0.481 e. The van der Waals surface area contributed by atoms with Crippen LogP contribution in [0.4, 0.5) is 22.2 Å². The molecule has 0 saturated carbocycles. The Balaban J connectivity index is 1.41. The molecule has 0 aliphatic carbocycles. The molecule has 1 saturated heterocycles. The fourth-order valence-electron chi connectivity index (χ4n) is 5.14. The van der Waals surface area contributed by atoms with Gasteiger partial charge in [-0.3, -0.25) is 14.4 Å². The number of carboxylic acid groups (broad SMARTS) is 1. The predicted octanol–water partition coefficient (Wildman–Crippen LogP) is 2.75. The second-order valence-electron chi connectivity index (χ2n) is 12.6. The minimum absolute atomic E-state index is 0.0196. The van der Waals surface area contributed by atoms with Crippen molar-refractivity contribution < 1.29 is 33.7 Å². The molecular formula is C33H45ClN8O8. The predicted molar refractivity (Wildman–Crippen MR) is 189 cm³/mol. The Morgan fingerprint density at radius 1 is 1.08 bits per heavy atom. The van der Waals surface area contributed by atoms with E-state index in [4.69, 9.17) is 25.8 Å². The molecule has 272 valence electrons. The van der Waals surface area contributed by atoms with Gasteiger partial charge in [-0.1, -0.05) is 11.6 Å². The van der Waals surface area contributed by atoms with Crippen LogP contribution in [0, 0.1) is 5.92 Å². The number of aliphatic carboxylic acids is 1. The fourth-order valence-corrected chi connectivity index (χ4v) is 5.28. The number of hydrogen-bond donors (Lipinski definition) is 5. The average molecular weight is 717 g/mol. The van der Waals surface area contributed by atoms with Gasteiger partial charge in [-0.05, 0) is 57.9 Å². The van der Waals surface area contributed by atoms with E-state index >= 15 is 0 Å². The molecule has 3 heterocycles. The van der Waals surface area contributed by atoms with Crippen molar-refractivity contribution in [2.24, 2.45) is 5.92 Å². The number of aromatic nitrogens is 3. The summed E-state index contributed by atoms with van der Waals surface area (Å²) in [5, 5.41) is 21.9. The number of carbonyl (C=O) groups excluding carboxylic acids is 2. The standard InChI is InChI=1S/C33H45ClN8O8/c1-33(2,3)50-32(47)37-11-16-48-15-10-36-9-14-42-25-6-5-23(17-22(25)18-26(29(42)44)49-20-27(43)35-4)39-28-24(34)19-38-31(40-28)41-12-7-21(8-13-41)30(45)46/h5-6,17-19,21,36H,7-16,20H2,1-4H3,(H,35,43)(H,37,47)(H,45,46)(H,38,39,40). The van der Waals surface area contributed by atoms with Crippen molar-refractivity contribution in [1.82, 2.24) is 30.5 Å². The van der Waals surface area contributed by atoms with Gasteiger partial charge >= 0.3 is 12.1 Å². The minimum atomic E-state index is -0.794. The number of alkyl carbamates (subject to hydrolysis) is 1. The Morgan fingerprint density at radius 2 is 1.82 bits per heavy atom. The molecule has 1 aliphatic rings. The zero-order valence-electron chi connectivity index (χ0n) is 28.7. The summed E-state index contributed by atoms with van der Waals surface area (Å²) in [5.41, 5.74) is 0.324. The molecule has 17 heteroatoms. The smallest absolute Gasteiger partial charge is 0.407 e. The number of hydrogen-bond acceptors (Lipinski definition) is 12. The molecule has 2 aromatic heterocycles. The first-order valence-electron chi connectivity index (χ1n) is 16.4. The first-order chi connectivity index (χ1) is 23.8. The van der Waals surface area contributed by atoms with Crippen LogP contribution >= 0.6 is 11.6 Å². The molecule has 1 fully saturated rings. The van der Waals surface area contributed by atoms with E-state index in [0.29, 0.717) is 98.7 Å². The van der Waals surface area contributed by atoms with Crippen molar-refractivity contribution >= 4 is 57.9 Å². The summed E-state index contributed by atoms with van der Waals surface area (Å²) in [7, 11) is 1.48. The number of nitrogens with zero attached hydrogens (tertiary/aromatic N) is 4.